The molecule has 5 rings (SSSR count). The van der Waals surface area contributed by atoms with E-state index in [0.29, 0.717) is 24.8 Å². The van der Waals surface area contributed by atoms with Crippen molar-refractivity contribution in [3.63, 3.8) is 0 Å². The molecule has 3 aromatic heterocycles. The van der Waals surface area contributed by atoms with Crippen molar-refractivity contribution in [2.45, 2.75) is 37.8 Å². The third-order valence-electron chi connectivity index (χ3n) is 6.74. The zero-order valence-corrected chi connectivity index (χ0v) is 19.6. The highest BCUT2D eigenvalue weighted by Crippen LogP contribution is 2.37. The summed E-state index contributed by atoms with van der Waals surface area (Å²) < 4.78 is 12.8. The minimum atomic E-state index is -0.611. The van der Waals surface area contributed by atoms with Crippen LogP contribution < -0.4 is 11.0 Å². The van der Waals surface area contributed by atoms with Crippen LogP contribution in [-0.2, 0) is 22.6 Å². The van der Waals surface area contributed by atoms with E-state index in [9.17, 15) is 19.5 Å². The number of pyridine rings is 1. The monoisotopic (exact) mass is 482 g/mol. The number of ether oxygens (including phenoxy) is 1. The maximum atomic E-state index is 12.6. The molecule has 1 saturated heterocycles. The molecular formula is C25H26N2O6S. The molecule has 3 atom stereocenters. The van der Waals surface area contributed by atoms with Crippen LogP contribution in [0.5, 0.6) is 5.75 Å². The maximum Gasteiger partial charge on any atom is 0.306 e. The topological polar surface area (TPSA) is 102 Å². The second-order valence-electron chi connectivity index (χ2n) is 9.03. The van der Waals surface area contributed by atoms with Crippen molar-refractivity contribution in [1.29, 1.82) is 0 Å². The Labute approximate surface area is 200 Å². The minimum absolute atomic E-state index is 0.0417. The lowest BCUT2D eigenvalue weighted by Gasteiger charge is -2.42. The number of thiophene rings is 1. The molecule has 0 aliphatic carbocycles. The second-order valence-corrected chi connectivity index (χ2v) is 10.0. The summed E-state index contributed by atoms with van der Waals surface area (Å²) in [4.78, 5) is 40.0. The first kappa shape index (κ1) is 22.6. The molecule has 0 aromatic carbocycles. The van der Waals surface area contributed by atoms with E-state index >= 15 is 0 Å². The van der Waals surface area contributed by atoms with Crippen LogP contribution in [0, 0.1) is 5.92 Å². The first-order chi connectivity index (χ1) is 16.4. The van der Waals surface area contributed by atoms with Crippen LogP contribution >= 0.6 is 11.3 Å². The van der Waals surface area contributed by atoms with Gasteiger partial charge in [-0.2, -0.15) is 0 Å². The number of rotatable bonds is 6. The second kappa shape index (κ2) is 9.23. The number of hydrogen-bond donors (Lipinski definition) is 1. The van der Waals surface area contributed by atoms with Crippen LogP contribution in [0.3, 0.4) is 0 Å². The number of hydrogen-bond acceptors (Lipinski definition) is 8. The Kier molecular flexibility index (Phi) is 6.14. The first-order valence-corrected chi connectivity index (χ1v) is 12.2. The van der Waals surface area contributed by atoms with E-state index in [1.54, 1.807) is 6.07 Å². The highest BCUT2D eigenvalue weighted by Gasteiger charge is 2.35. The maximum absolute atomic E-state index is 12.6. The normalized spacial score (nSPS) is 20.5. The van der Waals surface area contributed by atoms with Crippen LogP contribution in [0.15, 0.2) is 55.8 Å². The Morgan fingerprint density at radius 2 is 2.09 bits per heavy atom. The van der Waals surface area contributed by atoms with Gasteiger partial charge in [-0.25, -0.2) is 0 Å². The molecule has 2 bridgehead atoms. The Hall–Kier alpha value is -3.17. The molecule has 1 N–H and O–H groups in total. The molecule has 5 heterocycles. The van der Waals surface area contributed by atoms with E-state index in [0.717, 1.165) is 30.1 Å². The van der Waals surface area contributed by atoms with Gasteiger partial charge in [0.15, 0.2) is 5.76 Å². The lowest BCUT2D eigenvalue weighted by molar-refractivity contribution is -0.140. The van der Waals surface area contributed by atoms with Gasteiger partial charge < -0.3 is 18.8 Å². The predicted octanol–water partition coefficient (Wildman–Crippen LogP) is 2.88. The summed E-state index contributed by atoms with van der Waals surface area (Å²) in [5.41, 5.74) is 0.564. The first-order valence-electron chi connectivity index (χ1n) is 11.3. The molecule has 8 nitrogen and oxygen atoms in total. The molecule has 9 heteroatoms. The van der Waals surface area contributed by atoms with Crippen molar-refractivity contribution in [2.24, 2.45) is 5.92 Å². The van der Waals surface area contributed by atoms with Crippen molar-refractivity contribution in [3.05, 3.63) is 84.4 Å². The number of likely N-dealkylation sites (tertiary alicyclic amines) is 1. The molecule has 0 spiro atoms. The highest BCUT2D eigenvalue weighted by molar-refractivity contribution is 7.10. The van der Waals surface area contributed by atoms with Gasteiger partial charge in [0, 0.05) is 48.3 Å². The Morgan fingerprint density at radius 3 is 2.85 bits per heavy atom. The molecular weight excluding hydrogens is 456 g/mol. The highest BCUT2D eigenvalue weighted by atomic mass is 32.1. The quantitative estimate of drug-likeness (QED) is 0.539. The van der Waals surface area contributed by atoms with Crippen molar-refractivity contribution in [3.8, 4) is 5.75 Å². The smallest absolute Gasteiger partial charge is 0.306 e. The van der Waals surface area contributed by atoms with E-state index in [-0.39, 0.29) is 23.7 Å². The zero-order chi connectivity index (χ0) is 23.8. The van der Waals surface area contributed by atoms with E-state index in [1.165, 1.54) is 24.5 Å². The fourth-order valence-corrected chi connectivity index (χ4v) is 6.10. The van der Waals surface area contributed by atoms with Gasteiger partial charge in [-0.05, 0) is 29.9 Å². The van der Waals surface area contributed by atoms with E-state index in [4.69, 9.17) is 9.15 Å². The average molecular weight is 483 g/mol. The molecule has 0 saturated carbocycles. The number of nitrogens with zero attached hydrogens (tertiary/aromatic N) is 2. The molecule has 1 fully saturated rings. The van der Waals surface area contributed by atoms with Gasteiger partial charge in [0.2, 0.25) is 11.2 Å². The molecule has 0 unspecified atom stereocenters. The third kappa shape index (κ3) is 4.33. The third-order valence-corrected chi connectivity index (χ3v) is 7.72. The van der Waals surface area contributed by atoms with Gasteiger partial charge in [0.05, 0.1) is 26.0 Å². The summed E-state index contributed by atoms with van der Waals surface area (Å²) in [7, 11) is 1.31. The van der Waals surface area contributed by atoms with Gasteiger partial charge in [-0.3, -0.25) is 19.3 Å². The van der Waals surface area contributed by atoms with Crippen molar-refractivity contribution in [1.82, 2.24) is 9.47 Å². The van der Waals surface area contributed by atoms with Gasteiger partial charge >= 0.3 is 5.97 Å². The van der Waals surface area contributed by atoms with Crippen LogP contribution in [0.25, 0.3) is 0 Å². The largest absolute Gasteiger partial charge is 0.502 e. The number of esters is 1. The molecule has 3 aromatic rings. The lowest BCUT2D eigenvalue weighted by Crippen LogP contribution is -2.46. The van der Waals surface area contributed by atoms with Gasteiger partial charge in [-0.15, -0.1) is 11.3 Å². The van der Waals surface area contributed by atoms with Gasteiger partial charge in [0.25, 0.3) is 5.56 Å². The summed E-state index contributed by atoms with van der Waals surface area (Å²) in [5, 5.41) is 12.4. The van der Waals surface area contributed by atoms with Crippen LogP contribution in [0.4, 0.5) is 0 Å². The summed E-state index contributed by atoms with van der Waals surface area (Å²) in [6.45, 7) is 2.62. The Balaban J connectivity index is 1.43. The van der Waals surface area contributed by atoms with Crippen molar-refractivity contribution >= 4 is 17.3 Å². The number of aromatic nitrogens is 1. The number of piperidine rings is 1. The average Bonchev–Trinajstić information content (AvgIpc) is 3.35. The van der Waals surface area contributed by atoms with E-state index in [2.05, 4.69) is 4.90 Å². The minimum Gasteiger partial charge on any atom is -0.502 e. The summed E-state index contributed by atoms with van der Waals surface area (Å²) in [5.74, 6) is -0.437. The van der Waals surface area contributed by atoms with Crippen LogP contribution in [0.2, 0.25) is 0 Å². The number of aromatic hydroxyl groups is 1. The zero-order valence-electron chi connectivity index (χ0n) is 18.8. The molecule has 2 aliphatic heterocycles. The van der Waals surface area contributed by atoms with Crippen LogP contribution in [0.1, 0.15) is 46.8 Å². The summed E-state index contributed by atoms with van der Waals surface area (Å²) >= 11 is 1.42. The number of methoxy groups -OCH3 is 1. The lowest BCUT2D eigenvalue weighted by atomic mass is 9.83. The SMILES string of the molecule is COC(=O)C[C@@H](c1cccs1)c1oc(CN2C[C@H]3C[C@@H](C2)c2cccc(=O)n2C3)cc(=O)c1O. The summed E-state index contributed by atoms with van der Waals surface area (Å²) in [6.07, 6.45) is 0.987. The fraction of sp³-hybridized carbons (Fsp3) is 0.400. The van der Waals surface area contributed by atoms with Crippen LogP contribution in [-0.4, -0.2) is 40.7 Å². The number of carbonyl (C=O) groups excluding carboxylic acids is 1. The Bertz CT molecular complexity index is 1310. The molecule has 178 valence electrons. The van der Waals surface area contributed by atoms with Gasteiger partial charge in [0.1, 0.15) is 5.76 Å². The molecule has 34 heavy (non-hydrogen) atoms. The van der Waals surface area contributed by atoms with E-state index in [1.807, 2.05) is 34.2 Å². The molecule has 2 aliphatic rings. The predicted molar refractivity (Wildman–Crippen MR) is 126 cm³/mol. The van der Waals surface area contributed by atoms with Crippen molar-refractivity contribution < 1.29 is 19.1 Å². The number of carbonyl (C=O) groups is 1. The number of fused-ring (bicyclic) bond motifs is 4. The summed E-state index contributed by atoms with van der Waals surface area (Å²) in [6, 6.07) is 10.4. The van der Waals surface area contributed by atoms with E-state index < -0.39 is 23.1 Å². The van der Waals surface area contributed by atoms with Crippen molar-refractivity contribution in [2.75, 3.05) is 20.2 Å². The fourth-order valence-electron chi connectivity index (χ4n) is 5.28. The standard InChI is InChI=1S/C25H26N2O6S/c1-32-23(30)10-18(21-5-3-7-34-21)25-24(31)20(28)9-17(33-25)14-26-11-15-8-16(13-26)19-4-2-6-22(29)27(19)12-15/h2-7,9,15-16,18,31H,8,10-14H2,1H3/t15-,16+,18+/m1/s1. The Morgan fingerprint density at radius 1 is 1.24 bits per heavy atom. The van der Waals surface area contributed by atoms with Gasteiger partial charge in [-0.1, -0.05) is 12.1 Å². The molecule has 0 radical (unpaired) electrons. The molecule has 0 amide bonds.